The highest BCUT2D eigenvalue weighted by Gasteiger charge is 2.22. The fraction of sp³-hybridized carbons (Fsp3) is 0.600. The van der Waals surface area contributed by atoms with E-state index < -0.39 is 15.3 Å². The molecule has 0 aliphatic rings. The molecule has 0 amide bonds. The molecule has 0 aliphatic heterocycles. The van der Waals surface area contributed by atoms with Gasteiger partial charge in [0.25, 0.3) is 0 Å². The Labute approximate surface area is 101 Å². The molecule has 1 N–H and O–H groups in total. The van der Waals surface area contributed by atoms with Crippen molar-refractivity contribution in [2.45, 2.75) is 25.0 Å². The van der Waals surface area contributed by atoms with Crippen molar-refractivity contribution in [3.05, 3.63) is 18.0 Å². The lowest BCUT2D eigenvalue weighted by atomic mass is 10.3. The van der Waals surface area contributed by atoms with Gasteiger partial charge in [0, 0.05) is 26.2 Å². The number of nitrogens with zero attached hydrogens (tertiary/aromatic N) is 3. The molecule has 1 aromatic rings. The molecule has 0 fully saturated rings. The van der Waals surface area contributed by atoms with Gasteiger partial charge in [-0.15, -0.1) is 0 Å². The van der Waals surface area contributed by atoms with Crippen LogP contribution in [-0.2, 0) is 23.5 Å². The predicted octanol–water partition coefficient (Wildman–Crippen LogP) is 0.184. The number of sulfonamides is 1. The van der Waals surface area contributed by atoms with E-state index in [1.165, 1.54) is 0 Å². The van der Waals surface area contributed by atoms with Crippen molar-refractivity contribution < 1.29 is 8.42 Å². The Kier molecular flexibility index (Phi) is 4.66. The molecular formula is C10H16N4O2S. The second kappa shape index (κ2) is 5.80. The minimum Gasteiger partial charge on any atom is -0.276 e. The van der Waals surface area contributed by atoms with Gasteiger partial charge in [-0.25, -0.2) is 13.1 Å². The van der Waals surface area contributed by atoms with Gasteiger partial charge in [0.1, 0.15) is 0 Å². The van der Waals surface area contributed by atoms with Gasteiger partial charge in [-0.3, -0.25) is 4.68 Å². The molecule has 94 valence electrons. The lowest BCUT2D eigenvalue weighted by Gasteiger charge is -2.08. The SMILES string of the molecule is CCC(C#N)S(=O)(=O)NCCc1ccn(C)n1. The van der Waals surface area contributed by atoms with Crippen molar-refractivity contribution in [1.82, 2.24) is 14.5 Å². The molecule has 1 heterocycles. The summed E-state index contributed by atoms with van der Waals surface area (Å²) in [6, 6.07) is 3.60. The van der Waals surface area contributed by atoms with Crippen LogP contribution < -0.4 is 4.72 Å². The zero-order valence-electron chi connectivity index (χ0n) is 9.92. The summed E-state index contributed by atoms with van der Waals surface area (Å²) in [5.41, 5.74) is 0.820. The van der Waals surface area contributed by atoms with E-state index in [0.29, 0.717) is 6.42 Å². The van der Waals surface area contributed by atoms with E-state index in [-0.39, 0.29) is 13.0 Å². The van der Waals surface area contributed by atoms with E-state index in [4.69, 9.17) is 5.26 Å². The van der Waals surface area contributed by atoms with Gasteiger partial charge in [-0.2, -0.15) is 10.4 Å². The Morgan fingerprint density at radius 2 is 2.35 bits per heavy atom. The van der Waals surface area contributed by atoms with Gasteiger partial charge >= 0.3 is 0 Å². The van der Waals surface area contributed by atoms with Crippen molar-refractivity contribution in [2.75, 3.05) is 6.54 Å². The number of aryl methyl sites for hydroxylation is 1. The van der Waals surface area contributed by atoms with Crippen LogP contribution in [0.25, 0.3) is 0 Å². The van der Waals surface area contributed by atoms with Gasteiger partial charge in [0.2, 0.25) is 10.0 Å². The molecule has 0 spiro atoms. The summed E-state index contributed by atoms with van der Waals surface area (Å²) >= 11 is 0. The van der Waals surface area contributed by atoms with E-state index >= 15 is 0 Å². The molecule has 0 saturated heterocycles. The number of aromatic nitrogens is 2. The fourth-order valence-corrected chi connectivity index (χ4v) is 2.56. The first kappa shape index (κ1) is 13.7. The second-order valence-electron chi connectivity index (χ2n) is 3.70. The van der Waals surface area contributed by atoms with Crippen molar-refractivity contribution in [3.8, 4) is 6.07 Å². The van der Waals surface area contributed by atoms with Crippen molar-refractivity contribution >= 4 is 10.0 Å². The molecule has 6 nitrogen and oxygen atoms in total. The van der Waals surface area contributed by atoms with Crippen LogP contribution in [0.4, 0.5) is 0 Å². The minimum atomic E-state index is -3.53. The molecule has 1 rings (SSSR count). The molecule has 0 bridgehead atoms. The van der Waals surface area contributed by atoms with Crippen LogP contribution >= 0.6 is 0 Å². The summed E-state index contributed by atoms with van der Waals surface area (Å²) in [7, 11) is -1.73. The van der Waals surface area contributed by atoms with Crippen LogP contribution in [-0.4, -0.2) is 30.0 Å². The van der Waals surface area contributed by atoms with E-state index in [1.54, 1.807) is 30.9 Å². The number of hydrogen-bond donors (Lipinski definition) is 1. The molecule has 17 heavy (non-hydrogen) atoms. The van der Waals surface area contributed by atoms with E-state index in [1.807, 2.05) is 6.07 Å². The summed E-state index contributed by atoms with van der Waals surface area (Å²) in [6.45, 7) is 1.93. The standard InChI is InChI=1S/C10H16N4O2S/c1-3-10(8-11)17(15,16)12-6-4-9-5-7-14(2)13-9/h5,7,10,12H,3-4,6H2,1-2H3. The number of hydrogen-bond acceptors (Lipinski definition) is 4. The molecule has 1 aromatic heterocycles. The molecule has 7 heteroatoms. The maximum absolute atomic E-state index is 11.6. The van der Waals surface area contributed by atoms with Gasteiger partial charge in [-0.1, -0.05) is 6.92 Å². The largest absolute Gasteiger partial charge is 0.276 e. The highest BCUT2D eigenvalue weighted by Crippen LogP contribution is 2.03. The quantitative estimate of drug-likeness (QED) is 0.786. The Balaban J connectivity index is 2.49. The van der Waals surface area contributed by atoms with E-state index in [2.05, 4.69) is 9.82 Å². The average molecular weight is 256 g/mol. The lowest BCUT2D eigenvalue weighted by Crippen LogP contribution is -2.34. The third kappa shape index (κ3) is 3.84. The highest BCUT2D eigenvalue weighted by molar-refractivity contribution is 7.90. The minimum absolute atomic E-state index is 0.261. The zero-order valence-corrected chi connectivity index (χ0v) is 10.7. The topological polar surface area (TPSA) is 87.8 Å². The van der Waals surface area contributed by atoms with Crippen LogP contribution in [0.5, 0.6) is 0 Å². The first-order valence-corrected chi connectivity index (χ1v) is 6.91. The third-order valence-electron chi connectivity index (χ3n) is 2.34. The van der Waals surface area contributed by atoms with Crippen LogP contribution in [0.3, 0.4) is 0 Å². The maximum atomic E-state index is 11.6. The van der Waals surface area contributed by atoms with Crippen molar-refractivity contribution in [3.63, 3.8) is 0 Å². The predicted molar refractivity (Wildman–Crippen MR) is 63.5 cm³/mol. The maximum Gasteiger partial charge on any atom is 0.227 e. The summed E-state index contributed by atoms with van der Waals surface area (Å²) in [6.07, 6.45) is 2.60. The lowest BCUT2D eigenvalue weighted by molar-refractivity contribution is 0.572. The van der Waals surface area contributed by atoms with Crippen LogP contribution in [0.2, 0.25) is 0 Å². The third-order valence-corrected chi connectivity index (χ3v) is 4.14. The van der Waals surface area contributed by atoms with Crippen LogP contribution in [0, 0.1) is 11.3 Å². The Morgan fingerprint density at radius 1 is 1.65 bits per heavy atom. The summed E-state index contributed by atoms with van der Waals surface area (Å²) in [5.74, 6) is 0. The Hall–Kier alpha value is -1.39. The number of nitrogens with one attached hydrogen (secondary N) is 1. The van der Waals surface area contributed by atoms with Crippen molar-refractivity contribution in [2.24, 2.45) is 7.05 Å². The molecule has 0 aromatic carbocycles. The normalized spacial score (nSPS) is 13.2. The monoisotopic (exact) mass is 256 g/mol. The first-order valence-electron chi connectivity index (χ1n) is 5.36. The fourth-order valence-electron chi connectivity index (χ4n) is 1.40. The van der Waals surface area contributed by atoms with Gasteiger partial charge in [-0.05, 0) is 12.5 Å². The molecule has 1 atom stereocenters. The molecule has 0 radical (unpaired) electrons. The molecular weight excluding hydrogens is 240 g/mol. The Bertz CT molecular complexity index is 501. The van der Waals surface area contributed by atoms with Crippen LogP contribution in [0.1, 0.15) is 19.0 Å². The number of rotatable bonds is 6. The zero-order chi connectivity index (χ0) is 12.9. The highest BCUT2D eigenvalue weighted by atomic mass is 32.2. The van der Waals surface area contributed by atoms with Gasteiger partial charge in [0.15, 0.2) is 5.25 Å². The van der Waals surface area contributed by atoms with Gasteiger partial charge in [0.05, 0.1) is 11.8 Å². The van der Waals surface area contributed by atoms with E-state index in [0.717, 1.165) is 5.69 Å². The smallest absolute Gasteiger partial charge is 0.227 e. The summed E-state index contributed by atoms with van der Waals surface area (Å²) in [4.78, 5) is 0. The summed E-state index contributed by atoms with van der Waals surface area (Å²) < 4.78 is 27.3. The number of nitriles is 1. The molecule has 1 unspecified atom stereocenters. The molecule has 0 saturated carbocycles. The van der Waals surface area contributed by atoms with Crippen LogP contribution in [0.15, 0.2) is 12.3 Å². The summed E-state index contributed by atoms with van der Waals surface area (Å²) in [5, 5.41) is 11.8. The Morgan fingerprint density at radius 3 is 2.82 bits per heavy atom. The van der Waals surface area contributed by atoms with E-state index in [9.17, 15) is 8.42 Å². The first-order chi connectivity index (χ1) is 7.99. The molecule has 0 aliphatic carbocycles. The van der Waals surface area contributed by atoms with Crippen molar-refractivity contribution in [1.29, 1.82) is 5.26 Å². The second-order valence-corrected chi connectivity index (χ2v) is 5.64. The van der Waals surface area contributed by atoms with Gasteiger partial charge < -0.3 is 0 Å². The average Bonchev–Trinajstić information content (AvgIpc) is 2.65.